The summed E-state index contributed by atoms with van der Waals surface area (Å²) in [5, 5.41) is 4.11. The van der Waals surface area contributed by atoms with Crippen LogP contribution in [0.2, 0.25) is 0 Å². The van der Waals surface area contributed by atoms with E-state index < -0.39 is 0 Å². The van der Waals surface area contributed by atoms with Crippen LogP contribution >= 0.6 is 22.6 Å². The molecule has 50 valence electrons. The average Bonchev–Trinajstić information content (AvgIpc) is 2.13. The van der Waals surface area contributed by atoms with Crippen molar-refractivity contribution in [2.24, 2.45) is 7.05 Å². The Morgan fingerprint density at radius 1 is 1.89 bits per heavy atom. The Morgan fingerprint density at radius 2 is 2.56 bits per heavy atom. The van der Waals surface area contributed by atoms with Gasteiger partial charge in [0.2, 0.25) is 0 Å². The average molecular weight is 237 g/mol. The maximum atomic E-state index is 5.51. The molecule has 0 bridgehead atoms. The third kappa shape index (κ3) is 1.35. The zero-order chi connectivity index (χ0) is 6.85. The highest BCUT2D eigenvalue weighted by molar-refractivity contribution is 14.1. The first-order valence-electron chi connectivity index (χ1n) is 2.58. The van der Waals surface area contributed by atoms with Gasteiger partial charge in [0.25, 0.3) is 0 Å². The van der Waals surface area contributed by atoms with Crippen LogP contribution in [0.25, 0.3) is 0 Å². The number of alkyl halides is 1. The van der Waals surface area contributed by atoms with Crippen LogP contribution in [0.1, 0.15) is 5.69 Å². The molecule has 1 aromatic rings. The molecule has 0 saturated heterocycles. The fraction of sp³-hybridized carbons (Fsp3) is 0.400. The van der Waals surface area contributed by atoms with E-state index in [9.17, 15) is 0 Å². The van der Waals surface area contributed by atoms with Crippen LogP contribution in [0.15, 0.2) is 6.07 Å². The van der Waals surface area contributed by atoms with Gasteiger partial charge in [0.1, 0.15) is 5.82 Å². The minimum atomic E-state index is 0.724. The first-order chi connectivity index (χ1) is 4.24. The number of aromatic nitrogens is 2. The molecule has 0 fully saturated rings. The van der Waals surface area contributed by atoms with E-state index in [1.807, 2.05) is 13.1 Å². The highest BCUT2D eigenvalue weighted by Gasteiger charge is 1.97. The molecule has 0 aliphatic rings. The Bertz CT molecular complexity index is 186. The van der Waals surface area contributed by atoms with Crippen molar-refractivity contribution in [2.45, 2.75) is 4.43 Å². The third-order valence-electron chi connectivity index (χ3n) is 1.10. The molecule has 2 N–H and O–H groups in total. The molecule has 1 rings (SSSR count). The monoisotopic (exact) mass is 237 g/mol. The molecule has 0 aliphatic carbocycles. The topological polar surface area (TPSA) is 43.8 Å². The second-order valence-electron chi connectivity index (χ2n) is 1.82. The lowest BCUT2D eigenvalue weighted by Crippen LogP contribution is -1.96. The van der Waals surface area contributed by atoms with Gasteiger partial charge in [0, 0.05) is 17.5 Å². The first-order valence-corrected chi connectivity index (χ1v) is 4.11. The predicted octanol–water partition coefficient (Wildman–Crippen LogP) is 0.937. The number of halogens is 1. The van der Waals surface area contributed by atoms with Gasteiger partial charge in [0.15, 0.2) is 0 Å². The fourth-order valence-corrected chi connectivity index (χ4v) is 0.981. The summed E-state index contributed by atoms with van der Waals surface area (Å²) in [6.07, 6.45) is 0. The highest BCUT2D eigenvalue weighted by Crippen LogP contribution is 2.07. The number of nitrogens with zero attached hydrogens (tertiary/aromatic N) is 2. The lowest BCUT2D eigenvalue weighted by molar-refractivity contribution is 0.766. The molecule has 0 amide bonds. The van der Waals surface area contributed by atoms with Crippen molar-refractivity contribution in [3.05, 3.63) is 11.8 Å². The maximum Gasteiger partial charge on any atom is 0.121 e. The summed E-state index contributed by atoms with van der Waals surface area (Å²) in [7, 11) is 1.84. The minimum Gasteiger partial charge on any atom is -0.384 e. The maximum absolute atomic E-state index is 5.51. The standard InChI is InChI=1S/C5H8IN3/c1-9-5(7)2-4(3-6)8-9/h2H,3,7H2,1H3. The van der Waals surface area contributed by atoms with Crippen molar-refractivity contribution in [3.63, 3.8) is 0 Å². The van der Waals surface area contributed by atoms with Crippen LogP contribution in [-0.4, -0.2) is 9.78 Å². The minimum absolute atomic E-state index is 0.724. The number of nitrogen functional groups attached to an aromatic ring is 1. The van der Waals surface area contributed by atoms with Crippen LogP contribution in [0.3, 0.4) is 0 Å². The Hall–Kier alpha value is -0.260. The first kappa shape index (κ1) is 6.85. The largest absolute Gasteiger partial charge is 0.384 e. The van der Waals surface area contributed by atoms with Gasteiger partial charge in [-0.2, -0.15) is 5.10 Å². The number of hydrogen-bond donors (Lipinski definition) is 1. The zero-order valence-corrected chi connectivity index (χ0v) is 7.29. The van der Waals surface area contributed by atoms with Crippen LogP contribution in [0.5, 0.6) is 0 Å². The molecule has 4 heteroatoms. The van der Waals surface area contributed by atoms with E-state index in [1.165, 1.54) is 0 Å². The van der Waals surface area contributed by atoms with Gasteiger partial charge < -0.3 is 5.73 Å². The smallest absolute Gasteiger partial charge is 0.121 e. The lowest BCUT2D eigenvalue weighted by atomic mass is 10.5. The molecule has 0 aromatic carbocycles. The molecule has 9 heavy (non-hydrogen) atoms. The summed E-state index contributed by atoms with van der Waals surface area (Å²) in [6, 6.07) is 1.88. The Kier molecular flexibility index (Phi) is 1.94. The van der Waals surface area contributed by atoms with Gasteiger partial charge in [-0.3, -0.25) is 4.68 Å². The van der Waals surface area contributed by atoms with Crippen molar-refractivity contribution in [1.29, 1.82) is 0 Å². The number of nitrogens with two attached hydrogens (primary N) is 1. The number of anilines is 1. The van der Waals surface area contributed by atoms with E-state index in [1.54, 1.807) is 4.68 Å². The van der Waals surface area contributed by atoms with Crippen LogP contribution in [0.4, 0.5) is 5.82 Å². The Labute approximate surface area is 67.4 Å². The van der Waals surface area contributed by atoms with E-state index in [2.05, 4.69) is 27.7 Å². The van der Waals surface area contributed by atoms with E-state index in [-0.39, 0.29) is 0 Å². The number of rotatable bonds is 1. The second kappa shape index (κ2) is 2.55. The quantitative estimate of drug-likeness (QED) is 0.583. The van der Waals surface area contributed by atoms with E-state index in [0.717, 1.165) is 15.9 Å². The second-order valence-corrected chi connectivity index (χ2v) is 2.58. The van der Waals surface area contributed by atoms with Crippen molar-refractivity contribution in [2.75, 3.05) is 5.73 Å². The van der Waals surface area contributed by atoms with Crippen LogP contribution in [0, 0.1) is 0 Å². The van der Waals surface area contributed by atoms with E-state index in [0.29, 0.717) is 0 Å². The SMILES string of the molecule is Cn1nc(CI)cc1N. The Morgan fingerprint density at radius 3 is 2.78 bits per heavy atom. The summed E-state index contributed by atoms with van der Waals surface area (Å²) in [5.41, 5.74) is 6.55. The Balaban J connectivity index is 2.98. The summed E-state index contributed by atoms with van der Waals surface area (Å²) in [6.45, 7) is 0. The molecule has 0 aliphatic heterocycles. The van der Waals surface area contributed by atoms with Crippen molar-refractivity contribution >= 4 is 28.4 Å². The summed E-state index contributed by atoms with van der Waals surface area (Å²) < 4.78 is 2.59. The molecule has 0 atom stereocenters. The lowest BCUT2D eigenvalue weighted by Gasteiger charge is -1.88. The fourth-order valence-electron chi connectivity index (χ4n) is 0.609. The van der Waals surface area contributed by atoms with Crippen molar-refractivity contribution in [3.8, 4) is 0 Å². The molecule has 1 heterocycles. The van der Waals surface area contributed by atoms with E-state index in [4.69, 9.17) is 5.73 Å². The van der Waals surface area contributed by atoms with Gasteiger partial charge >= 0.3 is 0 Å². The molecular formula is C5H8IN3. The van der Waals surface area contributed by atoms with Gasteiger partial charge in [-0.05, 0) is 0 Å². The van der Waals surface area contributed by atoms with Crippen LogP contribution in [-0.2, 0) is 11.5 Å². The third-order valence-corrected chi connectivity index (χ3v) is 1.89. The summed E-state index contributed by atoms with van der Waals surface area (Å²) in [4.78, 5) is 0. The number of hydrogen-bond acceptors (Lipinski definition) is 2. The normalized spacial score (nSPS) is 10.0. The van der Waals surface area contributed by atoms with Gasteiger partial charge in [0.05, 0.1) is 5.69 Å². The van der Waals surface area contributed by atoms with Gasteiger partial charge in [-0.25, -0.2) is 0 Å². The van der Waals surface area contributed by atoms with Crippen LogP contribution < -0.4 is 5.73 Å². The summed E-state index contributed by atoms with van der Waals surface area (Å²) in [5.74, 6) is 0.724. The van der Waals surface area contributed by atoms with Crippen molar-refractivity contribution < 1.29 is 0 Å². The summed E-state index contributed by atoms with van der Waals surface area (Å²) >= 11 is 2.25. The predicted molar refractivity (Wildman–Crippen MR) is 45.3 cm³/mol. The molecule has 3 nitrogen and oxygen atoms in total. The number of aryl methyl sites for hydroxylation is 1. The van der Waals surface area contributed by atoms with Gasteiger partial charge in [-0.15, -0.1) is 0 Å². The zero-order valence-electron chi connectivity index (χ0n) is 5.13. The molecule has 0 radical (unpaired) electrons. The molecule has 0 unspecified atom stereocenters. The van der Waals surface area contributed by atoms with E-state index >= 15 is 0 Å². The molecular weight excluding hydrogens is 229 g/mol. The van der Waals surface area contributed by atoms with Crippen molar-refractivity contribution in [1.82, 2.24) is 9.78 Å². The molecule has 0 spiro atoms. The highest BCUT2D eigenvalue weighted by atomic mass is 127. The molecule has 1 aromatic heterocycles. The van der Waals surface area contributed by atoms with Gasteiger partial charge in [-0.1, -0.05) is 22.6 Å². The molecule has 0 saturated carbocycles.